The molecule has 3 rings (SSSR count). The molecule has 2 heterocycles. The minimum atomic E-state index is -1.41. The van der Waals surface area contributed by atoms with E-state index in [0.29, 0.717) is 25.2 Å². The molecule has 2 aromatic rings. The van der Waals surface area contributed by atoms with E-state index < -0.39 is 5.97 Å². The molecule has 0 fully saturated rings. The molecule has 7 heteroatoms. The molecule has 0 aliphatic carbocycles. The Kier molecular flexibility index (Phi) is 5.65. The molecule has 0 bridgehead atoms. The van der Waals surface area contributed by atoms with Gasteiger partial charge in [0.25, 0.3) is 0 Å². The highest BCUT2D eigenvalue weighted by molar-refractivity contribution is 6.40. The Hall–Kier alpha value is -3.32. The minimum absolute atomic E-state index is 0.167. The molecule has 1 amide bonds. The van der Waals surface area contributed by atoms with Crippen LogP contribution in [0.3, 0.4) is 0 Å². The third kappa shape index (κ3) is 3.99. The zero-order valence-electron chi connectivity index (χ0n) is 15.9. The molecule has 0 saturated heterocycles. The second-order valence-electron chi connectivity index (χ2n) is 6.65. The quantitative estimate of drug-likeness (QED) is 0.735. The number of hydrogen-bond donors (Lipinski definition) is 1. The Morgan fingerprint density at radius 1 is 1.21 bits per heavy atom. The summed E-state index contributed by atoms with van der Waals surface area (Å²) in [4.78, 5) is 28.9. The number of carbonyl (C=O) groups excluding carboxylic acids is 2. The molecule has 0 saturated carbocycles. The van der Waals surface area contributed by atoms with E-state index in [4.69, 9.17) is 0 Å². The highest BCUT2D eigenvalue weighted by atomic mass is 16.4. The van der Waals surface area contributed by atoms with Crippen molar-refractivity contribution in [3.63, 3.8) is 0 Å². The largest absolute Gasteiger partial charge is 0.543 e. The summed E-state index contributed by atoms with van der Waals surface area (Å²) in [5.74, 6) is -1.70. The average Bonchev–Trinajstić information content (AvgIpc) is 2.71. The van der Waals surface area contributed by atoms with Crippen LogP contribution in [0, 0.1) is 6.92 Å². The van der Waals surface area contributed by atoms with Crippen molar-refractivity contribution < 1.29 is 19.3 Å². The number of carbonyl (C=O) groups is 2. The summed E-state index contributed by atoms with van der Waals surface area (Å²) >= 11 is 0. The fourth-order valence-corrected chi connectivity index (χ4v) is 3.12. The molecule has 0 spiro atoms. The van der Waals surface area contributed by atoms with Gasteiger partial charge in [0, 0.05) is 18.7 Å². The predicted octanol–water partition coefficient (Wildman–Crippen LogP) is 1.41. The van der Waals surface area contributed by atoms with E-state index in [2.05, 4.69) is 15.4 Å². The van der Waals surface area contributed by atoms with Crippen LogP contribution in [0.5, 0.6) is 0 Å². The molecule has 1 N–H and O–H groups in total. The number of nitrogens with one attached hydrogen (secondary N) is 1. The van der Waals surface area contributed by atoms with Crippen LogP contribution in [0.15, 0.2) is 65.7 Å². The Bertz CT molecular complexity index is 953. The lowest BCUT2D eigenvalue weighted by Crippen LogP contribution is -2.55. The van der Waals surface area contributed by atoms with Gasteiger partial charge in [-0.05, 0) is 31.0 Å². The molecule has 1 aliphatic heterocycles. The van der Waals surface area contributed by atoms with Gasteiger partial charge in [0.2, 0.25) is 0 Å². The van der Waals surface area contributed by atoms with Crippen LogP contribution in [0.1, 0.15) is 18.1 Å². The van der Waals surface area contributed by atoms with Gasteiger partial charge < -0.3 is 15.2 Å². The number of anilines is 1. The SMILES string of the molecule is CC[N+]1(CCc2ccccc2)N=C(C(=O)[O-])C=C(Nc2cnccc2C)C1=O. The second kappa shape index (κ2) is 8.14. The third-order valence-electron chi connectivity index (χ3n) is 4.84. The lowest BCUT2D eigenvalue weighted by atomic mass is 10.1. The topological polar surface area (TPSA) is 94.5 Å². The molecule has 0 radical (unpaired) electrons. The molecule has 28 heavy (non-hydrogen) atoms. The third-order valence-corrected chi connectivity index (χ3v) is 4.84. The average molecular weight is 378 g/mol. The molecule has 7 nitrogen and oxygen atoms in total. The summed E-state index contributed by atoms with van der Waals surface area (Å²) in [5, 5.41) is 18.8. The maximum atomic E-state index is 13.3. The first kappa shape index (κ1) is 19.4. The van der Waals surface area contributed by atoms with Gasteiger partial charge >= 0.3 is 5.91 Å². The normalized spacial score (nSPS) is 19.0. The summed E-state index contributed by atoms with van der Waals surface area (Å²) in [6.45, 7) is 4.37. The van der Waals surface area contributed by atoms with E-state index in [1.807, 2.05) is 44.2 Å². The fraction of sp³-hybridized carbons (Fsp3) is 0.238. The van der Waals surface area contributed by atoms with Crippen molar-refractivity contribution >= 4 is 23.3 Å². The number of nitrogens with zero attached hydrogens (tertiary/aromatic N) is 3. The van der Waals surface area contributed by atoms with Crippen molar-refractivity contribution in [2.75, 3.05) is 18.4 Å². The van der Waals surface area contributed by atoms with E-state index in [0.717, 1.165) is 11.1 Å². The van der Waals surface area contributed by atoms with E-state index in [9.17, 15) is 14.7 Å². The van der Waals surface area contributed by atoms with Crippen LogP contribution in [0.25, 0.3) is 0 Å². The van der Waals surface area contributed by atoms with Crippen LogP contribution >= 0.6 is 0 Å². The van der Waals surface area contributed by atoms with Gasteiger partial charge in [-0.15, -0.1) is 4.59 Å². The summed E-state index contributed by atoms with van der Waals surface area (Å²) in [6.07, 6.45) is 5.07. The summed E-state index contributed by atoms with van der Waals surface area (Å²) in [7, 11) is 0. The van der Waals surface area contributed by atoms with Crippen molar-refractivity contribution in [3.05, 3.63) is 71.7 Å². The van der Waals surface area contributed by atoms with Crippen molar-refractivity contribution in [2.24, 2.45) is 5.10 Å². The summed E-state index contributed by atoms with van der Waals surface area (Å²) in [6, 6.07) is 11.5. The summed E-state index contributed by atoms with van der Waals surface area (Å²) < 4.78 is -0.337. The van der Waals surface area contributed by atoms with Crippen molar-refractivity contribution in [1.82, 2.24) is 4.98 Å². The number of quaternary nitrogens is 1. The Morgan fingerprint density at radius 2 is 1.96 bits per heavy atom. The molecule has 144 valence electrons. The van der Waals surface area contributed by atoms with Gasteiger partial charge in [-0.1, -0.05) is 35.4 Å². The fourth-order valence-electron chi connectivity index (χ4n) is 3.12. The van der Waals surface area contributed by atoms with Crippen LogP contribution in [-0.4, -0.2) is 40.3 Å². The van der Waals surface area contributed by atoms with Gasteiger partial charge in [0.05, 0.1) is 17.9 Å². The molecule has 1 atom stereocenters. The number of pyridine rings is 1. The second-order valence-corrected chi connectivity index (χ2v) is 6.65. The van der Waals surface area contributed by atoms with E-state index in [-0.39, 0.29) is 21.9 Å². The monoisotopic (exact) mass is 378 g/mol. The zero-order valence-corrected chi connectivity index (χ0v) is 15.9. The number of hydrogen-bond acceptors (Lipinski definition) is 6. The number of rotatable bonds is 7. The van der Waals surface area contributed by atoms with Crippen molar-refractivity contribution in [1.29, 1.82) is 0 Å². The van der Waals surface area contributed by atoms with Crippen LogP contribution in [0.4, 0.5) is 5.69 Å². The lowest BCUT2D eigenvalue weighted by molar-refractivity contribution is -0.857. The van der Waals surface area contributed by atoms with E-state index in [1.165, 1.54) is 6.08 Å². The van der Waals surface area contributed by atoms with E-state index >= 15 is 0 Å². The number of amides is 1. The lowest BCUT2D eigenvalue weighted by Gasteiger charge is -2.32. The first-order valence-electron chi connectivity index (χ1n) is 9.12. The minimum Gasteiger partial charge on any atom is -0.543 e. The first-order chi connectivity index (χ1) is 13.4. The number of carboxylic acids is 1. The van der Waals surface area contributed by atoms with Gasteiger partial charge in [0.1, 0.15) is 24.5 Å². The number of aliphatic carboxylic acids is 1. The van der Waals surface area contributed by atoms with Crippen molar-refractivity contribution in [3.8, 4) is 0 Å². The summed E-state index contributed by atoms with van der Waals surface area (Å²) in [5.41, 5.74) is 2.50. The highest BCUT2D eigenvalue weighted by Crippen LogP contribution is 2.24. The molecular weight excluding hydrogens is 356 g/mol. The highest BCUT2D eigenvalue weighted by Gasteiger charge is 2.42. The Morgan fingerprint density at radius 3 is 2.61 bits per heavy atom. The molecule has 1 aliphatic rings. The number of aromatic nitrogens is 1. The maximum Gasteiger partial charge on any atom is 0.388 e. The van der Waals surface area contributed by atoms with Gasteiger partial charge in [-0.25, -0.2) is 4.79 Å². The first-order valence-corrected chi connectivity index (χ1v) is 9.12. The van der Waals surface area contributed by atoms with Crippen molar-refractivity contribution in [2.45, 2.75) is 20.3 Å². The smallest absolute Gasteiger partial charge is 0.388 e. The van der Waals surface area contributed by atoms with Gasteiger partial charge in [-0.3, -0.25) is 4.98 Å². The predicted molar refractivity (Wildman–Crippen MR) is 104 cm³/mol. The maximum absolute atomic E-state index is 13.3. The van der Waals surface area contributed by atoms with E-state index in [1.54, 1.807) is 18.5 Å². The number of carboxylic acid groups (broad SMARTS) is 1. The Labute approximate surface area is 163 Å². The van der Waals surface area contributed by atoms with Crippen LogP contribution in [-0.2, 0) is 16.0 Å². The number of likely N-dealkylation sites (N-methyl/N-ethyl adjacent to an activating group) is 1. The molecule has 1 unspecified atom stereocenters. The van der Waals surface area contributed by atoms with Crippen LogP contribution < -0.4 is 10.4 Å². The molecular formula is C21H22N4O3. The molecule has 1 aromatic carbocycles. The van der Waals surface area contributed by atoms with Crippen LogP contribution in [0.2, 0.25) is 0 Å². The number of aryl methyl sites for hydroxylation is 1. The standard InChI is InChI=1S/C21H22N4O3/c1-3-25(12-10-16-7-5-4-6-8-16)20(26)17(13-18(24-25)21(27)28)23-19-14-22-11-9-15(19)2/h4-9,11,13-14H,3,10,12H2,1-2H3,(H-,23,24,27,28). The molecule has 1 aromatic heterocycles. The van der Waals surface area contributed by atoms with Gasteiger partial charge in [0.15, 0.2) is 0 Å². The Balaban J connectivity index is 1.94. The van der Waals surface area contributed by atoms with Gasteiger partial charge in [-0.2, -0.15) is 0 Å². The number of benzene rings is 1. The zero-order chi connectivity index (χ0) is 20.1.